The summed E-state index contributed by atoms with van der Waals surface area (Å²) in [5.41, 5.74) is 1.20. The lowest BCUT2D eigenvalue weighted by Gasteiger charge is -2.24. The zero-order valence-electron chi connectivity index (χ0n) is 14.6. The second-order valence-electron chi connectivity index (χ2n) is 6.31. The molecule has 1 heterocycles. The normalized spacial score (nSPS) is 17.1. The van der Waals surface area contributed by atoms with Crippen molar-refractivity contribution in [2.45, 2.75) is 44.6 Å². The molecule has 1 unspecified atom stereocenters. The Morgan fingerprint density at radius 2 is 1.96 bits per heavy atom. The van der Waals surface area contributed by atoms with Gasteiger partial charge in [0.05, 0.1) is 11.6 Å². The number of hydrogen-bond acceptors (Lipinski definition) is 4. The molecule has 0 radical (unpaired) electrons. The fraction of sp³-hybridized carbons (Fsp3) is 0.526. The minimum atomic E-state index is -0.958. The third-order valence-corrected chi connectivity index (χ3v) is 4.56. The Kier molecular flexibility index (Phi) is 7.13. The summed E-state index contributed by atoms with van der Waals surface area (Å²) < 4.78 is 4.99. The smallest absolute Gasteiger partial charge is 0.335 e. The van der Waals surface area contributed by atoms with E-state index in [0.717, 1.165) is 18.4 Å². The summed E-state index contributed by atoms with van der Waals surface area (Å²) in [5.74, 6) is -0.805. The van der Waals surface area contributed by atoms with Crippen LogP contribution in [0, 0.1) is 0 Å². The third kappa shape index (κ3) is 5.39. The summed E-state index contributed by atoms with van der Waals surface area (Å²) in [6.07, 6.45) is 3.73. The molecular weight excluding hydrogens is 322 g/mol. The summed E-state index contributed by atoms with van der Waals surface area (Å²) in [4.78, 5) is 37.1. The summed E-state index contributed by atoms with van der Waals surface area (Å²) in [6, 6.07) is 6.31. The molecule has 1 aliphatic rings. The third-order valence-electron chi connectivity index (χ3n) is 4.56. The lowest BCUT2D eigenvalue weighted by molar-refractivity contribution is -0.134. The molecule has 2 rings (SSSR count). The summed E-state index contributed by atoms with van der Waals surface area (Å²) in [6.45, 7) is 1.13. The van der Waals surface area contributed by atoms with Gasteiger partial charge < -0.3 is 14.7 Å². The van der Waals surface area contributed by atoms with Gasteiger partial charge in [-0.1, -0.05) is 12.1 Å². The van der Waals surface area contributed by atoms with Crippen LogP contribution in [-0.4, -0.2) is 54.0 Å². The number of carboxylic acid groups (broad SMARTS) is 1. The van der Waals surface area contributed by atoms with E-state index in [-0.39, 0.29) is 23.3 Å². The molecule has 1 fully saturated rings. The molecule has 1 aliphatic heterocycles. The maximum Gasteiger partial charge on any atom is 0.335 e. The lowest BCUT2D eigenvalue weighted by atomic mass is 10.0. The summed E-state index contributed by atoms with van der Waals surface area (Å²) >= 11 is 0. The van der Waals surface area contributed by atoms with E-state index < -0.39 is 5.97 Å². The Labute approximate surface area is 147 Å². The molecule has 1 amide bonds. The van der Waals surface area contributed by atoms with Crippen molar-refractivity contribution in [3.05, 3.63) is 35.4 Å². The van der Waals surface area contributed by atoms with E-state index in [2.05, 4.69) is 0 Å². The molecule has 0 aromatic heterocycles. The lowest BCUT2D eigenvalue weighted by Crippen LogP contribution is -2.39. The largest absolute Gasteiger partial charge is 0.478 e. The second-order valence-corrected chi connectivity index (χ2v) is 6.31. The summed E-state index contributed by atoms with van der Waals surface area (Å²) in [7, 11) is 1.64. The number of hydrogen-bond donors (Lipinski definition) is 1. The van der Waals surface area contributed by atoms with Gasteiger partial charge in [0, 0.05) is 33.1 Å². The molecule has 25 heavy (non-hydrogen) atoms. The molecule has 6 nitrogen and oxygen atoms in total. The van der Waals surface area contributed by atoms with E-state index in [1.165, 1.54) is 0 Å². The van der Waals surface area contributed by atoms with Crippen LogP contribution in [0.3, 0.4) is 0 Å². The Bertz CT molecular complexity index is 611. The van der Waals surface area contributed by atoms with E-state index in [1.54, 1.807) is 36.3 Å². The van der Waals surface area contributed by atoms with Crippen molar-refractivity contribution < 1.29 is 24.2 Å². The van der Waals surface area contributed by atoms with Crippen LogP contribution in [0.5, 0.6) is 0 Å². The number of ether oxygens (including phenoxy) is 1. The highest BCUT2D eigenvalue weighted by atomic mass is 16.5. The number of benzene rings is 1. The number of Topliss-reactive ketones (excluding diaryl/α,β-unsaturated/α-hetero) is 1. The van der Waals surface area contributed by atoms with E-state index >= 15 is 0 Å². The number of carbonyl (C=O) groups excluding carboxylic acids is 2. The van der Waals surface area contributed by atoms with Crippen molar-refractivity contribution in [3.8, 4) is 0 Å². The number of aromatic carboxylic acids is 1. The van der Waals surface area contributed by atoms with Crippen molar-refractivity contribution in [1.29, 1.82) is 0 Å². The van der Waals surface area contributed by atoms with E-state index in [1.807, 2.05) is 0 Å². The SMILES string of the molecule is COCCCCC(=O)C1CCC(=O)N1CCc1ccc(C(=O)O)cc1. The molecule has 0 bridgehead atoms. The molecular formula is C19H25NO5. The average molecular weight is 347 g/mol. The number of rotatable bonds is 10. The van der Waals surface area contributed by atoms with Gasteiger partial charge in [-0.25, -0.2) is 4.79 Å². The minimum absolute atomic E-state index is 0.0254. The molecule has 136 valence electrons. The minimum Gasteiger partial charge on any atom is -0.478 e. The standard InChI is InChI=1S/C19H25NO5/c1-25-13-3-2-4-17(21)16-9-10-18(22)20(16)12-11-14-5-7-15(8-6-14)19(23)24/h5-8,16H,2-4,9-13H2,1H3,(H,23,24). The molecule has 0 aliphatic carbocycles. The van der Waals surface area contributed by atoms with Gasteiger partial charge in [0.2, 0.25) is 5.91 Å². The van der Waals surface area contributed by atoms with Gasteiger partial charge in [-0.15, -0.1) is 0 Å². The van der Waals surface area contributed by atoms with Gasteiger partial charge in [-0.2, -0.15) is 0 Å². The molecule has 0 spiro atoms. The maximum atomic E-state index is 12.4. The van der Waals surface area contributed by atoms with Gasteiger partial charge in [0.1, 0.15) is 0 Å². The number of unbranched alkanes of at least 4 members (excludes halogenated alkanes) is 1. The monoisotopic (exact) mass is 347 g/mol. The first-order chi connectivity index (χ1) is 12.0. The second kappa shape index (κ2) is 9.32. The Hall–Kier alpha value is -2.21. The van der Waals surface area contributed by atoms with Gasteiger partial charge in [0.25, 0.3) is 0 Å². The van der Waals surface area contributed by atoms with Gasteiger partial charge >= 0.3 is 5.97 Å². The van der Waals surface area contributed by atoms with Gasteiger partial charge in [0.15, 0.2) is 5.78 Å². The number of methoxy groups -OCH3 is 1. The van der Waals surface area contributed by atoms with Gasteiger partial charge in [-0.05, 0) is 43.4 Å². The van der Waals surface area contributed by atoms with Gasteiger partial charge in [-0.3, -0.25) is 9.59 Å². The Morgan fingerprint density at radius 1 is 1.24 bits per heavy atom. The van der Waals surface area contributed by atoms with Crippen molar-refractivity contribution in [1.82, 2.24) is 4.90 Å². The molecule has 1 aromatic rings. The highest BCUT2D eigenvalue weighted by molar-refractivity contribution is 5.92. The van der Waals surface area contributed by atoms with Crippen LogP contribution in [0.2, 0.25) is 0 Å². The maximum absolute atomic E-state index is 12.4. The molecule has 1 atom stereocenters. The average Bonchev–Trinajstić information content (AvgIpc) is 2.98. The van der Waals surface area contributed by atoms with Crippen molar-refractivity contribution >= 4 is 17.7 Å². The Balaban J connectivity index is 1.88. The van der Waals surface area contributed by atoms with Crippen LogP contribution in [0.1, 0.15) is 48.0 Å². The van der Waals surface area contributed by atoms with Crippen LogP contribution in [0.15, 0.2) is 24.3 Å². The van der Waals surface area contributed by atoms with Crippen LogP contribution in [0.25, 0.3) is 0 Å². The zero-order valence-corrected chi connectivity index (χ0v) is 14.6. The Morgan fingerprint density at radius 3 is 2.60 bits per heavy atom. The first kappa shape index (κ1) is 19.1. The zero-order chi connectivity index (χ0) is 18.2. The van der Waals surface area contributed by atoms with Crippen molar-refractivity contribution in [2.75, 3.05) is 20.3 Å². The fourth-order valence-corrected chi connectivity index (χ4v) is 3.12. The first-order valence-electron chi connectivity index (χ1n) is 8.66. The van der Waals surface area contributed by atoms with E-state index in [9.17, 15) is 14.4 Å². The van der Waals surface area contributed by atoms with Crippen molar-refractivity contribution in [3.63, 3.8) is 0 Å². The first-order valence-corrected chi connectivity index (χ1v) is 8.66. The molecule has 1 N–H and O–H groups in total. The molecule has 6 heteroatoms. The number of nitrogens with zero attached hydrogens (tertiary/aromatic N) is 1. The summed E-state index contributed by atoms with van der Waals surface area (Å²) in [5, 5.41) is 8.92. The number of carbonyl (C=O) groups is 3. The van der Waals surface area contributed by atoms with Crippen LogP contribution < -0.4 is 0 Å². The number of likely N-dealkylation sites (tertiary alicyclic amines) is 1. The highest BCUT2D eigenvalue weighted by Crippen LogP contribution is 2.22. The van der Waals surface area contributed by atoms with Crippen LogP contribution in [-0.2, 0) is 20.7 Å². The van der Waals surface area contributed by atoms with Crippen LogP contribution in [0.4, 0.5) is 0 Å². The fourth-order valence-electron chi connectivity index (χ4n) is 3.12. The van der Waals surface area contributed by atoms with Crippen molar-refractivity contribution in [2.24, 2.45) is 0 Å². The van der Waals surface area contributed by atoms with E-state index in [4.69, 9.17) is 9.84 Å². The number of carboxylic acids is 1. The van der Waals surface area contributed by atoms with Crippen LogP contribution >= 0.6 is 0 Å². The molecule has 1 saturated heterocycles. The number of ketones is 1. The predicted molar refractivity (Wildman–Crippen MR) is 92.6 cm³/mol. The highest BCUT2D eigenvalue weighted by Gasteiger charge is 2.34. The van der Waals surface area contributed by atoms with E-state index in [0.29, 0.717) is 38.8 Å². The quantitative estimate of drug-likeness (QED) is 0.657. The molecule has 0 saturated carbocycles. The number of amides is 1. The predicted octanol–water partition coefficient (Wildman–Crippen LogP) is 2.30. The topological polar surface area (TPSA) is 83.9 Å². The molecule has 1 aromatic carbocycles.